The van der Waals surface area contributed by atoms with Gasteiger partial charge in [-0.1, -0.05) is 13.8 Å². The highest BCUT2D eigenvalue weighted by atomic mass is 32.2. The number of aryl methyl sites for hydroxylation is 1. The standard InChI is InChI=1S/C13H16F3NOS/c1-12(2)7-10-9(11(18)8-12)3-4-17(10)5-6-19-13(14,15)16/h3-4H,5-8H2,1-2H3. The highest BCUT2D eigenvalue weighted by Crippen LogP contribution is 2.36. The van der Waals surface area contributed by atoms with Gasteiger partial charge in [0.05, 0.1) is 0 Å². The molecular formula is C13H16F3NOS. The number of carbonyl (C=O) groups is 1. The van der Waals surface area contributed by atoms with Gasteiger partial charge >= 0.3 is 5.51 Å². The molecule has 2 rings (SSSR count). The quantitative estimate of drug-likeness (QED) is 0.842. The lowest BCUT2D eigenvalue weighted by molar-refractivity contribution is -0.0328. The van der Waals surface area contributed by atoms with E-state index in [1.807, 2.05) is 13.8 Å². The Morgan fingerprint density at radius 3 is 2.68 bits per heavy atom. The first-order valence-corrected chi connectivity index (χ1v) is 7.08. The summed E-state index contributed by atoms with van der Waals surface area (Å²) in [5.74, 6) is 0.0626. The number of halogens is 3. The molecule has 0 N–H and O–H groups in total. The second-order valence-electron chi connectivity index (χ2n) is 5.60. The van der Waals surface area contributed by atoms with Crippen molar-refractivity contribution in [2.24, 2.45) is 5.41 Å². The maximum absolute atomic E-state index is 12.1. The van der Waals surface area contributed by atoms with Gasteiger partial charge < -0.3 is 4.57 Å². The molecule has 0 saturated heterocycles. The molecule has 0 aliphatic heterocycles. The number of hydrogen-bond acceptors (Lipinski definition) is 2. The summed E-state index contributed by atoms with van der Waals surface area (Å²) in [4.78, 5) is 11.9. The normalized spacial score (nSPS) is 18.5. The summed E-state index contributed by atoms with van der Waals surface area (Å²) >= 11 is -0.0226. The van der Waals surface area contributed by atoms with Crippen LogP contribution in [0.25, 0.3) is 0 Å². The number of ketones is 1. The summed E-state index contributed by atoms with van der Waals surface area (Å²) in [7, 11) is 0. The number of rotatable bonds is 3. The molecule has 1 aliphatic carbocycles. The average Bonchev–Trinajstić information content (AvgIpc) is 2.58. The van der Waals surface area contributed by atoms with Crippen LogP contribution in [0.2, 0.25) is 0 Å². The van der Waals surface area contributed by atoms with Crippen molar-refractivity contribution >= 4 is 17.5 Å². The van der Waals surface area contributed by atoms with Gasteiger partial charge in [-0.2, -0.15) is 13.2 Å². The first-order valence-electron chi connectivity index (χ1n) is 6.10. The first-order chi connectivity index (χ1) is 8.68. The lowest BCUT2D eigenvalue weighted by Crippen LogP contribution is -2.28. The van der Waals surface area contributed by atoms with Crippen molar-refractivity contribution in [1.82, 2.24) is 4.57 Å². The van der Waals surface area contributed by atoms with Crippen LogP contribution in [0.15, 0.2) is 12.3 Å². The third kappa shape index (κ3) is 3.55. The van der Waals surface area contributed by atoms with Gasteiger partial charge in [-0.15, -0.1) is 0 Å². The lowest BCUT2D eigenvalue weighted by atomic mass is 9.76. The van der Waals surface area contributed by atoms with Crippen molar-refractivity contribution in [3.05, 3.63) is 23.5 Å². The van der Waals surface area contributed by atoms with Crippen LogP contribution in [0.5, 0.6) is 0 Å². The van der Waals surface area contributed by atoms with Gasteiger partial charge in [0.25, 0.3) is 0 Å². The Bertz CT molecular complexity index is 491. The highest BCUT2D eigenvalue weighted by molar-refractivity contribution is 8.00. The Balaban J connectivity index is 2.10. The predicted molar refractivity (Wildman–Crippen MR) is 69.4 cm³/mol. The predicted octanol–water partition coefficient (Wildman–Crippen LogP) is 3.90. The van der Waals surface area contributed by atoms with Crippen molar-refractivity contribution in [3.8, 4) is 0 Å². The topological polar surface area (TPSA) is 22.0 Å². The largest absolute Gasteiger partial charge is 0.441 e. The Labute approximate surface area is 114 Å². The molecule has 0 atom stereocenters. The minimum Gasteiger partial charge on any atom is -0.350 e. The molecule has 0 spiro atoms. The van der Waals surface area contributed by atoms with Crippen molar-refractivity contribution in [2.75, 3.05) is 5.75 Å². The van der Waals surface area contributed by atoms with Crippen LogP contribution >= 0.6 is 11.8 Å². The van der Waals surface area contributed by atoms with Crippen molar-refractivity contribution in [3.63, 3.8) is 0 Å². The van der Waals surface area contributed by atoms with Gasteiger partial charge in [0.15, 0.2) is 5.78 Å². The molecule has 1 heterocycles. The molecule has 106 valence electrons. The number of aromatic nitrogens is 1. The molecule has 0 fully saturated rings. The number of fused-ring (bicyclic) bond motifs is 1. The molecule has 0 saturated carbocycles. The zero-order valence-electron chi connectivity index (χ0n) is 10.9. The molecule has 19 heavy (non-hydrogen) atoms. The maximum atomic E-state index is 12.1. The van der Waals surface area contributed by atoms with Crippen LogP contribution < -0.4 is 0 Å². The summed E-state index contributed by atoms with van der Waals surface area (Å²) in [5, 5.41) is 0. The van der Waals surface area contributed by atoms with E-state index in [0.29, 0.717) is 12.0 Å². The Kier molecular flexibility index (Phi) is 3.73. The summed E-state index contributed by atoms with van der Waals surface area (Å²) in [6.07, 6.45) is 2.96. The Hall–Kier alpha value is -0.910. The van der Waals surface area contributed by atoms with E-state index < -0.39 is 5.51 Å². The van der Waals surface area contributed by atoms with E-state index in [4.69, 9.17) is 0 Å². The number of hydrogen-bond donors (Lipinski definition) is 0. The molecule has 1 aromatic rings. The smallest absolute Gasteiger partial charge is 0.350 e. The van der Waals surface area contributed by atoms with Gasteiger partial charge in [-0.3, -0.25) is 4.79 Å². The van der Waals surface area contributed by atoms with Gasteiger partial charge in [0.1, 0.15) is 0 Å². The molecule has 6 heteroatoms. The Morgan fingerprint density at radius 1 is 1.37 bits per heavy atom. The second kappa shape index (κ2) is 4.89. The monoisotopic (exact) mass is 291 g/mol. The van der Waals surface area contributed by atoms with Crippen LogP contribution in [0.3, 0.4) is 0 Å². The molecule has 1 aliphatic rings. The van der Waals surface area contributed by atoms with Gasteiger partial charge in [-0.25, -0.2) is 0 Å². The first kappa shape index (κ1) is 14.5. The van der Waals surface area contributed by atoms with Gasteiger partial charge in [0, 0.05) is 36.2 Å². The molecule has 0 unspecified atom stereocenters. The van der Waals surface area contributed by atoms with Gasteiger partial charge in [-0.05, 0) is 29.7 Å². The molecule has 2 nitrogen and oxygen atoms in total. The van der Waals surface area contributed by atoms with E-state index in [0.717, 1.165) is 12.1 Å². The fourth-order valence-electron chi connectivity index (χ4n) is 2.47. The summed E-state index contributed by atoms with van der Waals surface area (Å²) in [6.45, 7) is 4.30. The average molecular weight is 291 g/mol. The summed E-state index contributed by atoms with van der Waals surface area (Å²) in [6, 6.07) is 1.73. The van der Waals surface area contributed by atoms with E-state index in [2.05, 4.69) is 0 Å². The molecule has 0 amide bonds. The SMILES string of the molecule is CC1(C)CC(=O)c2ccn(CCSC(F)(F)F)c2C1. The summed E-state index contributed by atoms with van der Waals surface area (Å²) < 4.78 is 38.1. The number of alkyl halides is 3. The van der Waals surface area contributed by atoms with E-state index in [9.17, 15) is 18.0 Å². The van der Waals surface area contributed by atoms with Crippen LogP contribution in [-0.4, -0.2) is 21.6 Å². The van der Waals surface area contributed by atoms with E-state index in [1.54, 1.807) is 16.8 Å². The fraction of sp³-hybridized carbons (Fsp3) is 0.615. The minimum absolute atomic E-state index is 0.0226. The number of nitrogens with zero attached hydrogens (tertiary/aromatic N) is 1. The van der Waals surface area contributed by atoms with Crippen LogP contribution in [0.4, 0.5) is 13.2 Å². The zero-order chi connectivity index (χ0) is 14.3. The Morgan fingerprint density at radius 2 is 2.05 bits per heavy atom. The van der Waals surface area contributed by atoms with Crippen LogP contribution in [0, 0.1) is 5.41 Å². The minimum atomic E-state index is -4.19. The molecule has 0 radical (unpaired) electrons. The summed E-state index contributed by atoms with van der Waals surface area (Å²) in [5.41, 5.74) is -2.75. The van der Waals surface area contributed by atoms with E-state index in [1.165, 1.54) is 0 Å². The molecular weight excluding hydrogens is 275 g/mol. The highest BCUT2D eigenvalue weighted by Gasteiger charge is 2.33. The maximum Gasteiger partial charge on any atom is 0.441 e. The third-order valence-electron chi connectivity index (χ3n) is 3.26. The van der Waals surface area contributed by atoms with Gasteiger partial charge in [0.2, 0.25) is 0 Å². The number of thioether (sulfide) groups is 1. The fourth-order valence-corrected chi connectivity index (χ4v) is 2.99. The number of carbonyl (C=O) groups excluding carboxylic acids is 1. The molecule has 0 bridgehead atoms. The van der Waals surface area contributed by atoms with Crippen LogP contribution in [-0.2, 0) is 13.0 Å². The second-order valence-corrected chi connectivity index (χ2v) is 6.76. The van der Waals surface area contributed by atoms with E-state index >= 15 is 0 Å². The van der Waals surface area contributed by atoms with Crippen LogP contribution in [0.1, 0.15) is 36.3 Å². The number of Topliss-reactive ketones (excluding diaryl/α,β-unsaturated/α-hetero) is 1. The third-order valence-corrected chi connectivity index (χ3v) is 3.98. The molecule has 1 aromatic heterocycles. The zero-order valence-corrected chi connectivity index (χ0v) is 11.7. The molecule has 0 aromatic carbocycles. The van der Waals surface area contributed by atoms with Crippen molar-refractivity contribution in [1.29, 1.82) is 0 Å². The van der Waals surface area contributed by atoms with Crippen molar-refractivity contribution < 1.29 is 18.0 Å². The lowest BCUT2D eigenvalue weighted by Gasteiger charge is -2.29. The van der Waals surface area contributed by atoms with Crippen molar-refractivity contribution in [2.45, 2.75) is 38.7 Å². The van der Waals surface area contributed by atoms with E-state index in [-0.39, 0.29) is 35.3 Å².